The Morgan fingerprint density at radius 1 is 1.17 bits per heavy atom. The van der Waals surface area contributed by atoms with Crippen molar-refractivity contribution in [3.05, 3.63) is 0 Å². The maximum atomic E-state index is 11.8. The second-order valence-electron chi connectivity index (χ2n) is 5.45. The van der Waals surface area contributed by atoms with Crippen LogP contribution in [0.1, 0.15) is 27.7 Å². The number of rotatable bonds is 6. The fraction of sp³-hybridized carbons (Fsp3) is 0.846. The molecule has 1 aliphatic heterocycles. The highest BCUT2D eigenvalue weighted by Gasteiger charge is 2.42. The molecule has 1 fully saturated rings. The van der Waals surface area contributed by atoms with Gasteiger partial charge in [-0.3, -0.25) is 14.5 Å². The van der Waals surface area contributed by atoms with Crippen LogP contribution in [0.3, 0.4) is 0 Å². The van der Waals surface area contributed by atoms with E-state index in [1.807, 2.05) is 13.8 Å². The summed E-state index contributed by atoms with van der Waals surface area (Å²) in [4.78, 5) is 24.7. The number of aliphatic hydroxyl groups is 1. The lowest BCUT2D eigenvalue weighted by atomic mass is 10.00. The predicted molar refractivity (Wildman–Crippen MR) is 66.7 cm³/mol. The van der Waals surface area contributed by atoms with Crippen molar-refractivity contribution in [1.29, 1.82) is 0 Å². The number of imide groups is 1. The van der Waals surface area contributed by atoms with Gasteiger partial charge in [-0.15, -0.1) is 0 Å². The SMILES string of the molecule is CC(C)COC[C@H](O)CN1C(=O)[C@@H](C)[C@H](C)C1=O. The molecular formula is C13H23NO4. The lowest BCUT2D eigenvalue weighted by molar-refractivity contribution is -0.142. The molecular weight excluding hydrogens is 234 g/mol. The average molecular weight is 257 g/mol. The molecule has 2 amide bonds. The van der Waals surface area contributed by atoms with Gasteiger partial charge in [0.1, 0.15) is 0 Å². The van der Waals surface area contributed by atoms with E-state index in [4.69, 9.17) is 4.74 Å². The van der Waals surface area contributed by atoms with Gasteiger partial charge < -0.3 is 9.84 Å². The van der Waals surface area contributed by atoms with Crippen molar-refractivity contribution in [1.82, 2.24) is 4.90 Å². The van der Waals surface area contributed by atoms with E-state index in [0.29, 0.717) is 12.5 Å². The van der Waals surface area contributed by atoms with E-state index in [-0.39, 0.29) is 36.8 Å². The smallest absolute Gasteiger partial charge is 0.232 e. The van der Waals surface area contributed by atoms with Gasteiger partial charge in [-0.1, -0.05) is 27.7 Å². The number of carbonyl (C=O) groups excluding carboxylic acids is 2. The van der Waals surface area contributed by atoms with Crippen LogP contribution < -0.4 is 0 Å². The van der Waals surface area contributed by atoms with E-state index < -0.39 is 6.10 Å². The van der Waals surface area contributed by atoms with Crippen LogP contribution in [0.15, 0.2) is 0 Å². The number of carbonyl (C=O) groups is 2. The zero-order valence-corrected chi connectivity index (χ0v) is 11.5. The quantitative estimate of drug-likeness (QED) is 0.710. The first-order chi connectivity index (χ1) is 8.34. The normalized spacial score (nSPS) is 26.2. The van der Waals surface area contributed by atoms with E-state index in [2.05, 4.69) is 0 Å². The molecule has 0 aromatic heterocycles. The monoisotopic (exact) mass is 257 g/mol. The zero-order valence-electron chi connectivity index (χ0n) is 11.5. The first-order valence-electron chi connectivity index (χ1n) is 6.45. The van der Waals surface area contributed by atoms with Gasteiger partial charge in [0.15, 0.2) is 0 Å². The van der Waals surface area contributed by atoms with Crippen molar-refractivity contribution in [2.45, 2.75) is 33.8 Å². The van der Waals surface area contributed by atoms with Crippen LogP contribution in [-0.4, -0.2) is 47.7 Å². The van der Waals surface area contributed by atoms with Gasteiger partial charge in [-0.2, -0.15) is 0 Å². The highest BCUT2D eigenvalue weighted by molar-refractivity contribution is 6.04. The molecule has 0 unspecified atom stereocenters. The van der Waals surface area contributed by atoms with E-state index in [1.54, 1.807) is 13.8 Å². The van der Waals surface area contributed by atoms with Gasteiger partial charge in [0.2, 0.25) is 11.8 Å². The largest absolute Gasteiger partial charge is 0.389 e. The molecule has 0 radical (unpaired) electrons. The summed E-state index contributed by atoms with van der Waals surface area (Å²) in [6, 6.07) is 0. The molecule has 104 valence electrons. The zero-order chi connectivity index (χ0) is 13.9. The highest BCUT2D eigenvalue weighted by atomic mass is 16.5. The van der Waals surface area contributed by atoms with E-state index in [9.17, 15) is 14.7 Å². The van der Waals surface area contributed by atoms with Crippen molar-refractivity contribution in [2.75, 3.05) is 19.8 Å². The number of β-amino-alcohol motifs (C(OH)–C–C–N with tert-alkyl or cyclic N) is 1. The summed E-state index contributed by atoms with van der Waals surface area (Å²) in [6.07, 6.45) is -0.811. The minimum Gasteiger partial charge on any atom is -0.389 e. The molecule has 0 spiro atoms. The van der Waals surface area contributed by atoms with Crippen LogP contribution in [0.2, 0.25) is 0 Å². The predicted octanol–water partition coefficient (Wildman–Crippen LogP) is 0.661. The maximum Gasteiger partial charge on any atom is 0.232 e. The third-order valence-electron chi connectivity index (χ3n) is 3.22. The molecule has 5 heteroatoms. The van der Waals surface area contributed by atoms with Crippen LogP contribution in [0.5, 0.6) is 0 Å². The molecule has 0 aromatic carbocycles. The molecule has 1 N–H and O–H groups in total. The van der Waals surface area contributed by atoms with Gasteiger partial charge in [0.05, 0.1) is 19.3 Å². The van der Waals surface area contributed by atoms with Crippen molar-refractivity contribution in [2.24, 2.45) is 17.8 Å². The topological polar surface area (TPSA) is 66.8 Å². The molecule has 1 saturated heterocycles. The van der Waals surface area contributed by atoms with E-state index >= 15 is 0 Å². The Morgan fingerprint density at radius 3 is 2.11 bits per heavy atom. The highest BCUT2D eigenvalue weighted by Crippen LogP contribution is 2.25. The molecule has 0 aromatic rings. The number of hydrogen-bond donors (Lipinski definition) is 1. The molecule has 0 saturated carbocycles. The summed E-state index contributed by atoms with van der Waals surface area (Å²) in [5.41, 5.74) is 0. The van der Waals surface area contributed by atoms with Crippen LogP contribution >= 0.6 is 0 Å². The Labute approximate surface area is 108 Å². The second kappa shape index (κ2) is 6.29. The average Bonchev–Trinajstić information content (AvgIpc) is 2.46. The first kappa shape index (κ1) is 15.1. The van der Waals surface area contributed by atoms with Crippen molar-refractivity contribution < 1.29 is 19.4 Å². The van der Waals surface area contributed by atoms with Crippen LogP contribution in [0.4, 0.5) is 0 Å². The van der Waals surface area contributed by atoms with Crippen molar-refractivity contribution >= 4 is 11.8 Å². The van der Waals surface area contributed by atoms with Crippen LogP contribution in [-0.2, 0) is 14.3 Å². The Kier molecular flexibility index (Phi) is 5.28. The summed E-state index contributed by atoms with van der Waals surface area (Å²) in [7, 11) is 0. The molecule has 18 heavy (non-hydrogen) atoms. The molecule has 0 aliphatic carbocycles. The van der Waals surface area contributed by atoms with Crippen LogP contribution in [0, 0.1) is 17.8 Å². The number of nitrogens with zero attached hydrogens (tertiary/aromatic N) is 1. The Hall–Kier alpha value is -0.940. The molecule has 3 atom stereocenters. The molecule has 1 aliphatic rings. The van der Waals surface area contributed by atoms with E-state index in [1.165, 1.54) is 0 Å². The lowest BCUT2D eigenvalue weighted by Crippen LogP contribution is -2.39. The minimum absolute atomic E-state index is 0.0322. The number of likely N-dealkylation sites (tertiary alicyclic amines) is 1. The standard InChI is InChI=1S/C13H23NO4/c1-8(2)6-18-7-11(15)5-14-12(16)9(3)10(4)13(14)17/h8-11,15H,5-7H2,1-4H3/t9-,10-,11+/m0/s1. The van der Waals surface area contributed by atoms with Crippen molar-refractivity contribution in [3.8, 4) is 0 Å². The summed E-state index contributed by atoms with van der Waals surface area (Å²) in [5, 5.41) is 9.76. The fourth-order valence-electron chi connectivity index (χ4n) is 1.91. The lowest BCUT2D eigenvalue weighted by Gasteiger charge is -2.19. The maximum absolute atomic E-state index is 11.8. The van der Waals surface area contributed by atoms with Crippen molar-refractivity contribution in [3.63, 3.8) is 0 Å². The van der Waals surface area contributed by atoms with Crippen LogP contribution in [0.25, 0.3) is 0 Å². The molecule has 1 rings (SSSR count). The number of ether oxygens (including phenoxy) is 1. The third-order valence-corrected chi connectivity index (χ3v) is 3.22. The summed E-state index contributed by atoms with van der Waals surface area (Å²) < 4.78 is 5.29. The van der Waals surface area contributed by atoms with Gasteiger partial charge in [-0.05, 0) is 5.92 Å². The molecule has 5 nitrogen and oxygen atoms in total. The van der Waals surface area contributed by atoms with Gasteiger partial charge >= 0.3 is 0 Å². The Balaban J connectivity index is 2.42. The number of aliphatic hydroxyl groups excluding tert-OH is 1. The summed E-state index contributed by atoms with van der Waals surface area (Å²) >= 11 is 0. The molecule has 0 bridgehead atoms. The fourth-order valence-corrected chi connectivity index (χ4v) is 1.91. The van der Waals surface area contributed by atoms with Gasteiger partial charge in [0.25, 0.3) is 0 Å². The second-order valence-corrected chi connectivity index (χ2v) is 5.45. The number of hydrogen-bond acceptors (Lipinski definition) is 4. The first-order valence-corrected chi connectivity index (χ1v) is 6.45. The van der Waals surface area contributed by atoms with Gasteiger partial charge in [0, 0.05) is 18.4 Å². The summed E-state index contributed by atoms with van der Waals surface area (Å²) in [5.74, 6) is -0.583. The van der Waals surface area contributed by atoms with E-state index in [0.717, 1.165) is 4.90 Å². The molecule has 1 heterocycles. The minimum atomic E-state index is -0.811. The Bertz CT molecular complexity index is 296. The number of amides is 2. The third kappa shape index (κ3) is 3.53. The van der Waals surface area contributed by atoms with Gasteiger partial charge in [-0.25, -0.2) is 0 Å². The summed E-state index contributed by atoms with van der Waals surface area (Å²) in [6.45, 7) is 8.26. The Morgan fingerprint density at radius 2 is 1.67 bits per heavy atom.